The molecular formula is C19H16F2N4O3S. The zero-order chi connectivity index (χ0) is 21.0. The third-order valence-corrected chi connectivity index (χ3v) is 5.15. The van der Waals surface area contributed by atoms with Crippen LogP contribution in [0.5, 0.6) is 5.75 Å². The lowest BCUT2D eigenvalue weighted by Crippen LogP contribution is -2.29. The molecule has 1 saturated heterocycles. The normalized spacial score (nSPS) is 18.4. The van der Waals surface area contributed by atoms with E-state index in [9.17, 15) is 19.1 Å². The number of rotatable bonds is 6. The summed E-state index contributed by atoms with van der Waals surface area (Å²) in [7, 11) is 0. The average Bonchev–Trinajstić information content (AvgIpc) is 3.10. The Hall–Kier alpha value is -2.92. The summed E-state index contributed by atoms with van der Waals surface area (Å²) in [6.45, 7) is 7.88. The summed E-state index contributed by atoms with van der Waals surface area (Å²) in [6, 6.07) is 8.46. The molecule has 1 aromatic carbocycles. The second-order valence-electron chi connectivity index (χ2n) is 6.11. The molecule has 2 atom stereocenters. The third kappa shape index (κ3) is 4.57. The molecule has 3 rings (SSSR count). The van der Waals surface area contributed by atoms with Gasteiger partial charge in [-0.15, -0.1) is 0 Å². The Morgan fingerprint density at radius 1 is 1.41 bits per heavy atom. The summed E-state index contributed by atoms with van der Waals surface area (Å²) in [5.74, 6) is -0.200. The molecule has 0 aliphatic carbocycles. The largest absolute Gasteiger partial charge is 0.485 e. The van der Waals surface area contributed by atoms with Crippen LogP contribution in [-0.2, 0) is 4.74 Å². The van der Waals surface area contributed by atoms with Gasteiger partial charge in [-0.05, 0) is 17.7 Å². The Bertz CT molecular complexity index is 973. The van der Waals surface area contributed by atoms with Crippen molar-refractivity contribution in [3.8, 4) is 22.9 Å². The van der Waals surface area contributed by atoms with E-state index in [0.717, 1.165) is 0 Å². The van der Waals surface area contributed by atoms with Crippen LogP contribution >= 0.6 is 11.8 Å². The highest BCUT2D eigenvalue weighted by Crippen LogP contribution is 2.41. The first-order chi connectivity index (χ1) is 13.9. The van der Waals surface area contributed by atoms with Gasteiger partial charge in [-0.1, -0.05) is 23.9 Å². The molecule has 0 radical (unpaired) electrons. The van der Waals surface area contributed by atoms with E-state index in [4.69, 9.17) is 21.8 Å². The minimum absolute atomic E-state index is 0.0174. The highest BCUT2D eigenvalue weighted by atomic mass is 32.2. The first kappa shape index (κ1) is 20.8. The topological polar surface area (TPSA) is 106 Å². The molecule has 150 valence electrons. The number of benzene rings is 1. The number of nitrogen functional groups attached to an aromatic ring is 1. The van der Waals surface area contributed by atoms with E-state index in [1.807, 2.05) is 6.07 Å². The molecule has 2 heterocycles. The average molecular weight is 418 g/mol. The van der Waals surface area contributed by atoms with Crippen molar-refractivity contribution in [3.63, 3.8) is 0 Å². The van der Waals surface area contributed by atoms with E-state index in [0.29, 0.717) is 23.1 Å². The van der Waals surface area contributed by atoms with Gasteiger partial charge >= 0.3 is 0 Å². The van der Waals surface area contributed by atoms with Crippen molar-refractivity contribution in [1.82, 2.24) is 4.98 Å². The quantitative estimate of drug-likeness (QED) is 0.548. The number of nitrogens with zero attached hydrogens (tertiary/aromatic N) is 3. The van der Waals surface area contributed by atoms with Gasteiger partial charge in [0.1, 0.15) is 34.9 Å². The van der Waals surface area contributed by atoms with Gasteiger partial charge in [-0.25, -0.2) is 18.6 Å². The number of nitriles is 1. The monoisotopic (exact) mass is 418 g/mol. The Morgan fingerprint density at radius 3 is 2.69 bits per heavy atom. The first-order valence-electron chi connectivity index (χ1n) is 8.49. The van der Waals surface area contributed by atoms with Gasteiger partial charge < -0.3 is 20.3 Å². The number of aromatic nitrogens is 1. The molecular weight excluding hydrogens is 402 g/mol. The molecule has 1 aromatic heterocycles. The molecule has 0 unspecified atom stereocenters. The number of hydrogen-bond donors (Lipinski definition) is 2. The standard InChI is InChI=1S/C19H16F2N4O3S/c1-24-17-16(12(6-22)19(25-18(17)23)29-9-15(20)21)10-2-4-11(5-3-10)28-14-8-27-7-13(14)26/h2-5,13-15,26H,7-9H2,(H2,23,25)/t13-,14-/m0/s1. The minimum Gasteiger partial charge on any atom is -0.485 e. The predicted octanol–water partition coefficient (Wildman–Crippen LogP) is 3.25. The van der Waals surface area contributed by atoms with Crippen LogP contribution in [0.3, 0.4) is 0 Å². The molecule has 2 aromatic rings. The van der Waals surface area contributed by atoms with Crippen LogP contribution in [-0.4, -0.2) is 47.7 Å². The van der Waals surface area contributed by atoms with E-state index in [1.165, 1.54) is 0 Å². The molecule has 0 amide bonds. The van der Waals surface area contributed by atoms with E-state index >= 15 is 0 Å². The number of thioether (sulfide) groups is 1. The number of alkyl halides is 2. The summed E-state index contributed by atoms with van der Waals surface area (Å²) in [5.41, 5.74) is 6.59. The molecule has 29 heavy (non-hydrogen) atoms. The van der Waals surface area contributed by atoms with Crippen LogP contribution in [0.15, 0.2) is 29.3 Å². The smallest absolute Gasteiger partial charge is 0.247 e. The zero-order valence-corrected chi connectivity index (χ0v) is 15.8. The number of halogens is 2. The number of pyridine rings is 1. The van der Waals surface area contributed by atoms with E-state index in [1.54, 1.807) is 24.3 Å². The maximum atomic E-state index is 12.6. The van der Waals surface area contributed by atoms with Gasteiger partial charge in [0.2, 0.25) is 12.1 Å². The highest BCUT2D eigenvalue weighted by Gasteiger charge is 2.28. The van der Waals surface area contributed by atoms with Crippen molar-refractivity contribution < 1.29 is 23.4 Å². The second kappa shape index (κ2) is 9.05. The molecule has 0 saturated carbocycles. The molecule has 3 N–H and O–H groups in total. The third-order valence-electron chi connectivity index (χ3n) is 4.17. The number of aliphatic hydroxyl groups is 1. The summed E-state index contributed by atoms with van der Waals surface area (Å²) >= 11 is 0.714. The van der Waals surface area contributed by atoms with Gasteiger partial charge in [0.05, 0.1) is 31.1 Å². The van der Waals surface area contributed by atoms with Crippen LogP contribution in [0.1, 0.15) is 5.56 Å². The van der Waals surface area contributed by atoms with Crippen molar-refractivity contribution in [2.24, 2.45) is 0 Å². The first-order valence-corrected chi connectivity index (χ1v) is 9.48. The SMILES string of the molecule is [C-]#[N+]c1c(N)nc(SCC(F)F)c(C#N)c1-c1ccc(O[C@H]2COC[C@@H]2O)cc1. The lowest BCUT2D eigenvalue weighted by molar-refractivity contribution is 0.0733. The van der Waals surface area contributed by atoms with E-state index in [2.05, 4.69) is 9.83 Å². The number of aliphatic hydroxyl groups excluding tert-OH is 1. The Morgan fingerprint density at radius 2 is 2.14 bits per heavy atom. The van der Waals surface area contributed by atoms with Gasteiger partial charge in [-0.2, -0.15) is 5.26 Å². The summed E-state index contributed by atoms with van der Waals surface area (Å²) in [5, 5.41) is 19.4. The zero-order valence-electron chi connectivity index (χ0n) is 15.0. The van der Waals surface area contributed by atoms with Gasteiger partial charge in [0.25, 0.3) is 0 Å². The molecule has 1 aliphatic rings. The Kier molecular flexibility index (Phi) is 6.49. The van der Waals surface area contributed by atoms with Crippen molar-refractivity contribution in [2.75, 3.05) is 24.7 Å². The van der Waals surface area contributed by atoms with Crippen molar-refractivity contribution in [2.45, 2.75) is 23.7 Å². The Balaban J connectivity index is 1.98. The van der Waals surface area contributed by atoms with Crippen LogP contribution in [0.2, 0.25) is 0 Å². The van der Waals surface area contributed by atoms with E-state index < -0.39 is 24.4 Å². The van der Waals surface area contributed by atoms with Crippen LogP contribution in [0, 0.1) is 17.9 Å². The molecule has 1 aliphatic heterocycles. The maximum Gasteiger partial charge on any atom is 0.247 e. The molecule has 10 heteroatoms. The van der Waals surface area contributed by atoms with Gasteiger partial charge in [0.15, 0.2) is 0 Å². The summed E-state index contributed by atoms with van der Waals surface area (Å²) in [4.78, 5) is 7.35. The molecule has 0 bridgehead atoms. The molecule has 7 nitrogen and oxygen atoms in total. The fraction of sp³-hybridized carbons (Fsp3) is 0.316. The maximum absolute atomic E-state index is 12.6. The van der Waals surface area contributed by atoms with Crippen LogP contribution in [0.25, 0.3) is 16.0 Å². The number of hydrogen-bond acceptors (Lipinski definition) is 7. The fourth-order valence-electron chi connectivity index (χ4n) is 2.83. The number of nitrogens with two attached hydrogens (primary N) is 1. The molecule has 1 fully saturated rings. The van der Waals surface area contributed by atoms with Crippen LogP contribution < -0.4 is 10.5 Å². The lowest BCUT2D eigenvalue weighted by atomic mass is 10.00. The van der Waals surface area contributed by atoms with Crippen molar-refractivity contribution in [3.05, 3.63) is 41.2 Å². The fourth-order valence-corrected chi connectivity index (χ4v) is 3.57. The highest BCUT2D eigenvalue weighted by molar-refractivity contribution is 7.99. The lowest BCUT2D eigenvalue weighted by Gasteiger charge is -2.16. The van der Waals surface area contributed by atoms with Gasteiger partial charge in [-0.3, -0.25) is 0 Å². The number of ether oxygens (including phenoxy) is 2. The summed E-state index contributed by atoms with van der Waals surface area (Å²) in [6.07, 6.45) is -3.78. The van der Waals surface area contributed by atoms with Gasteiger partial charge in [0, 0.05) is 5.56 Å². The predicted molar refractivity (Wildman–Crippen MR) is 103 cm³/mol. The Labute approximate surface area is 169 Å². The molecule has 0 spiro atoms. The van der Waals surface area contributed by atoms with Crippen molar-refractivity contribution in [1.29, 1.82) is 5.26 Å². The number of anilines is 1. The minimum atomic E-state index is -2.58. The van der Waals surface area contributed by atoms with Crippen molar-refractivity contribution >= 4 is 23.3 Å². The summed E-state index contributed by atoms with van der Waals surface area (Å²) < 4.78 is 36.0. The second-order valence-corrected chi connectivity index (χ2v) is 7.12. The van der Waals surface area contributed by atoms with Crippen LogP contribution in [0.4, 0.5) is 20.3 Å². The van der Waals surface area contributed by atoms with E-state index in [-0.39, 0.29) is 40.9 Å².